The molecule has 0 bridgehead atoms. The minimum atomic E-state index is -1.10. The fraction of sp³-hybridized carbons (Fsp3) is 0. The quantitative estimate of drug-likeness (QED) is 0.612. The topological polar surface area (TPSA) is 131 Å². The van der Waals surface area contributed by atoms with Crippen LogP contribution in [0.25, 0.3) is 11.2 Å². The van der Waals surface area contributed by atoms with Gasteiger partial charge in [-0.25, -0.2) is 24.7 Å². The number of carbonyl (C=O) groups is 1. The van der Waals surface area contributed by atoms with Crippen LogP contribution in [0, 0.1) is 0 Å². The molecule has 0 atom stereocenters. The number of aromatic amines is 1. The summed E-state index contributed by atoms with van der Waals surface area (Å²) in [5, 5.41) is 10.1. The van der Waals surface area contributed by atoms with E-state index >= 15 is 0 Å². The summed E-state index contributed by atoms with van der Waals surface area (Å²) in [6.45, 7) is 0. The van der Waals surface area contributed by atoms with E-state index in [1.54, 1.807) is 0 Å². The molecular formula is C11H8N6O2S. The Bertz CT molecular complexity index is 802. The lowest BCUT2D eigenvalue weighted by molar-refractivity contribution is 0.0697. The summed E-state index contributed by atoms with van der Waals surface area (Å²) in [4.78, 5) is 30.2. The zero-order valence-electron chi connectivity index (χ0n) is 9.94. The molecule has 0 fully saturated rings. The van der Waals surface area contributed by atoms with Crippen molar-refractivity contribution in [2.75, 3.05) is 5.73 Å². The Morgan fingerprint density at radius 1 is 1.30 bits per heavy atom. The Hall–Kier alpha value is -2.68. The summed E-state index contributed by atoms with van der Waals surface area (Å²) in [6.07, 6.45) is 4.22. The number of nitrogens with two attached hydrogens (primary N) is 1. The van der Waals surface area contributed by atoms with Crippen molar-refractivity contribution >= 4 is 34.6 Å². The van der Waals surface area contributed by atoms with E-state index < -0.39 is 5.97 Å². The molecule has 3 aromatic heterocycles. The number of nitrogen functional groups attached to an aromatic ring is 1. The van der Waals surface area contributed by atoms with Crippen LogP contribution < -0.4 is 5.73 Å². The van der Waals surface area contributed by atoms with Gasteiger partial charge in [0.15, 0.2) is 5.65 Å². The normalized spacial score (nSPS) is 10.8. The first kappa shape index (κ1) is 12.4. The largest absolute Gasteiger partial charge is 0.478 e. The van der Waals surface area contributed by atoms with E-state index in [4.69, 9.17) is 10.8 Å². The van der Waals surface area contributed by atoms with Crippen molar-refractivity contribution in [2.45, 2.75) is 10.1 Å². The maximum atomic E-state index is 11.0. The van der Waals surface area contributed by atoms with Crippen LogP contribution in [-0.4, -0.2) is 36.0 Å². The Morgan fingerprint density at radius 3 is 2.95 bits per heavy atom. The maximum absolute atomic E-state index is 11.0. The van der Waals surface area contributed by atoms with Gasteiger partial charge < -0.3 is 15.8 Å². The molecule has 0 amide bonds. The van der Waals surface area contributed by atoms with Crippen molar-refractivity contribution in [1.29, 1.82) is 0 Å². The van der Waals surface area contributed by atoms with Crippen LogP contribution in [0.5, 0.6) is 0 Å². The molecule has 0 aromatic carbocycles. The summed E-state index contributed by atoms with van der Waals surface area (Å²) in [7, 11) is 0. The molecule has 20 heavy (non-hydrogen) atoms. The molecule has 100 valence electrons. The maximum Gasteiger partial charge on any atom is 0.337 e. The monoisotopic (exact) mass is 288 g/mol. The van der Waals surface area contributed by atoms with E-state index in [2.05, 4.69) is 24.9 Å². The zero-order chi connectivity index (χ0) is 14.1. The van der Waals surface area contributed by atoms with Crippen molar-refractivity contribution in [3.8, 4) is 0 Å². The van der Waals surface area contributed by atoms with Gasteiger partial charge in [-0.2, -0.15) is 0 Å². The fourth-order valence-corrected chi connectivity index (χ4v) is 2.44. The van der Waals surface area contributed by atoms with Crippen molar-refractivity contribution in [3.63, 3.8) is 0 Å². The second kappa shape index (κ2) is 4.78. The van der Waals surface area contributed by atoms with Gasteiger partial charge in [0.25, 0.3) is 0 Å². The number of hydrogen-bond donors (Lipinski definition) is 3. The van der Waals surface area contributed by atoms with Crippen molar-refractivity contribution in [1.82, 2.24) is 24.9 Å². The Labute approximate surface area is 116 Å². The average Bonchev–Trinajstić information content (AvgIpc) is 2.90. The molecule has 0 aliphatic rings. The number of hydrogen-bond acceptors (Lipinski definition) is 7. The van der Waals surface area contributed by atoms with E-state index in [0.717, 1.165) is 0 Å². The van der Waals surface area contributed by atoms with Gasteiger partial charge in [-0.1, -0.05) is 0 Å². The summed E-state index contributed by atoms with van der Waals surface area (Å²) in [6, 6.07) is 1.41. The molecule has 9 heteroatoms. The zero-order valence-corrected chi connectivity index (χ0v) is 10.8. The molecular weight excluding hydrogens is 280 g/mol. The highest BCUT2D eigenvalue weighted by molar-refractivity contribution is 7.99. The molecule has 0 aliphatic carbocycles. The lowest BCUT2D eigenvalue weighted by Gasteiger charge is -2.04. The van der Waals surface area contributed by atoms with E-state index in [1.165, 1.54) is 36.7 Å². The van der Waals surface area contributed by atoms with Crippen molar-refractivity contribution in [2.24, 2.45) is 0 Å². The van der Waals surface area contributed by atoms with Crippen molar-refractivity contribution < 1.29 is 9.90 Å². The summed E-state index contributed by atoms with van der Waals surface area (Å²) in [5.74, 6) is -1.10. The third-order valence-electron chi connectivity index (χ3n) is 2.53. The van der Waals surface area contributed by atoms with Crippen LogP contribution in [0.1, 0.15) is 10.4 Å². The molecule has 3 rings (SSSR count). The lowest BCUT2D eigenvalue weighted by atomic mass is 10.2. The number of carboxylic acid groups (broad SMARTS) is 1. The SMILES string of the molecule is Nc1cnc(Sc2ncnc3nc[nH]c23)cc1C(=O)O. The van der Waals surface area contributed by atoms with Gasteiger partial charge in [0.2, 0.25) is 0 Å². The minimum Gasteiger partial charge on any atom is -0.478 e. The third-order valence-corrected chi connectivity index (χ3v) is 3.46. The Morgan fingerprint density at radius 2 is 2.15 bits per heavy atom. The Kier molecular flexibility index (Phi) is 2.95. The first-order chi connectivity index (χ1) is 9.65. The third kappa shape index (κ3) is 2.14. The van der Waals surface area contributed by atoms with Crippen LogP contribution >= 0.6 is 11.8 Å². The van der Waals surface area contributed by atoms with Gasteiger partial charge in [0.1, 0.15) is 21.9 Å². The number of anilines is 1. The van der Waals surface area contributed by atoms with Gasteiger partial charge in [-0.3, -0.25) is 0 Å². The van der Waals surface area contributed by atoms with Crippen LogP contribution in [0.2, 0.25) is 0 Å². The predicted octanol–water partition coefficient (Wildman–Crippen LogP) is 1.18. The molecule has 0 saturated heterocycles. The highest BCUT2D eigenvalue weighted by Gasteiger charge is 2.13. The standard InChI is InChI=1S/C11H8N6O2S/c12-6-2-13-7(1-5(6)11(18)19)20-10-8-9(15-3-14-8)16-4-17-10/h1-4H,12H2,(H,18,19)(H,14,15,16,17). The van der Waals surface area contributed by atoms with Gasteiger partial charge in [-0.15, -0.1) is 0 Å². The molecule has 0 saturated carbocycles. The van der Waals surface area contributed by atoms with Crippen LogP contribution in [-0.2, 0) is 0 Å². The fourth-order valence-electron chi connectivity index (χ4n) is 1.61. The van der Waals surface area contributed by atoms with Gasteiger partial charge >= 0.3 is 5.97 Å². The summed E-state index contributed by atoms with van der Waals surface area (Å²) >= 11 is 1.21. The molecule has 4 N–H and O–H groups in total. The number of aromatic nitrogens is 5. The molecule has 0 unspecified atom stereocenters. The molecule has 3 aromatic rings. The molecule has 3 heterocycles. The number of H-pyrrole nitrogens is 1. The number of fused-ring (bicyclic) bond motifs is 1. The second-order valence-corrected chi connectivity index (χ2v) is 4.81. The predicted molar refractivity (Wildman–Crippen MR) is 71.4 cm³/mol. The smallest absolute Gasteiger partial charge is 0.337 e. The highest BCUT2D eigenvalue weighted by Crippen LogP contribution is 2.29. The number of carboxylic acids is 1. The molecule has 8 nitrogen and oxygen atoms in total. The number of aromatic carboxylic acids is 1. The molecule has 0 radical (unpaired) electrons. The van der Waals surface area contributed by atoms with Crippen LogP contribution in [0.3, 0.4) is 0 Å². The lowest BCUT2D eigenvalue weighted by Crippen LogP contribution is -2.03. The first-order valence-corrected chi connectivity index (χ1v) is 6.27. The summed E-state index contributed by atoms with van der Waals surface area (Å²) < 4.78 is 0. The number of nitrogens with zero attached hydrogens (tertiary/aromatic N) is 4. The minimum absolute atomic E-state index is 0.0115. The van der Waals surface area contributed by atoms with E-state index in [0.29, 0.717) is 21.2 Å². The van der Waals surface area contributed by atoms with Crippen LogP contribution in [0.4, 0.5) is 5.69 Å². The number of nitrogens with one attached hydrogen (secondary N) is 1. The molecule has 0 spiro atoms. The second-order valence-electron chi connectivity index (χ2n) is 3.80. The van der Waals surface area contributed by atoms with E-state index in [1.807, 2.05) is 0 Å². The van der Waals surface area contributed by atoms with Gasteiger partial charge in [-0.05, 0) is 17.8 Å². The number of rotatable bonds is 3. The Balaban J connectivity index is 2.01. The number of pyridine rings is 1. The van der Waals surface area contributed by atoms with Gasteiger partial charge in [0.05, 0.1) is 23.8 Å². The van der Waals surface area contributed by atoms with Crippen LogP contribution in [0.15, 0.2) is 35.0 Å². The van der Waals surface area contributed by atoms with Gasteiger partial charge in [0, 0.05) is 0 Å². The van der Waals surface area contributed by atoms with E-state index in [9.17, 15) is 4.79 Å². The number of imidazole rings is 1. The highest BCUT2D eigenvalue weighted by atomic mass is 32.2. The van der Waals surface area contributed by atoms with Crippen molar-refractivity contribution in [3.05, 3.63) is 30.5 Å². The summed E-state index contributed by atoms with van der Waals surface area (Å²) in [5.41, 5.74) is 6.91. The average molecular weight is 288 g/mol. The molecule has 0 aliphatic heterocycles. The van der Waals surface area contributed by atoms with E-state index in [-0.39, 0.29) is 11.3 Å². The first-order valence-electron chi connectivity index (χ1n) is 5.46.